The van der Waals surface area contributed by atoms with Crippen LogP contribution in [-0.4, -0.2) is 24.5 Å². The van der Waals surface area contributed by atoms with Crippen LogP contribution in [0.3, 0.4) is 0 Å². The molecule has 3 aromatic heterocycles. The number of nitrogens with one attached hydrogen (secondary N) is 1. The maximum Gasteiger partial charge on any atom is 0.155 e. The summed E-state index contributed by atoms with van der Waals surface area (Å²) in [7, 11) is 0. The zero-order chi connectivity index (χ0) is 17.8. The minimum atomic E-state index is -0.927. The van der Waals surface area contributed by atoms with Gasteiger partial charge in [0.05, 0.1) is 41.0 Å². The molecule has 0 aliphatic rings. The Balaban J connectivity index is 2.10. The number of hydrogen-bond donors (Lipinski definition) is 2. The van der Waals surface area contributed by atoms with E-state index in [1.54, 1.807) is 0 Å². The van der Waals surface area contributed by atoms with Gasteiger partial charge < -0.3 is 10.1 Å². The van der Waals surface area contributed by atoms with Crippen molar-refractivity contribution in [2.75, 3.05) is 0 Å². The highest BCUT2D eigenvalue weighted by atomic mass is 16.3. The molecular formula is C20H22N4O. The summed E-state index contributed by atoms with van der Waals surface area (Å²) < 4.78 is 2.07. The van der Waals surface area contributed by atoms with E-state index in [2.05, 4.69) is 39.3 Å². The fourth-order valence-corrected chi connectivity index (χ4v) is 3.56. The summed E-state index contributed by atoms with van der Waals surface area (Å²) in [4.78, 5) is 12.3. The second-order valence-corrected chi connectivity index (χ2v) is 7.08. The summed E-state index contributed by atoms with van der Waals surface area (Å²) in [5.74, 6) is 0. The SMILES string of the molecule is CCc1c(-c2cc(C)ccc2C(C)(C)O)[nH]c2ncc3cncn3c12. The minimum absolute atomic E-state index is 0.834. The zero-order valence-electron chi connectivity index (χ0n) is 15.0. The van der Waals surface area contributed by atoms with Crippen LogP contribution < -0.4 is 0 Å². The van der Waals surface area contributed by atoms with Gasteiger partial charge in [-0.25, -0.2) is 9.97 Å². The van der Waals surface area contributed by atoms with E-state index >= 15 is 0 Å². The molecule has 1 aromatic carbocycles. The van der Waals surface area contributed by atoms with Crippen molar-refractivity contribution in [1.82, 2.24) is 19.4 Å². The van der Waals surface area contributed by atoms with E-state index in [-0.39, 0.29) is 0 Å². The number of hydrogen-bond acceptors (Lipinski definition) is 3. The first-order valence-corrected chi connectivity index (χ1v) is 8.55. The molecule has 128 valence electrons. The summed E-state index contributed by atoms with van der Waals surface area (Å²) in [6.45, 7) is 7.85. The quantitative estimate of drug-likeness (QED) is 0.595. The lowest BCUT2D eigenvalue weighted by Crippen LogP contribution is -2.17. The second kappa shape index (κ2) is 5.43. The van der Waals surface area contributed by atoms with Gasteiger partial charge in [-0.2, -0.15) is 0 Å². The molecule has 2 N–H and O–H groups in total. The number of benzene rings is 1. The van der Waals surface area contributed by atoms with Crippen molar-refractivity contribution in [2.24, 2.45) is 0 Å². The Morgan fingerprint density at radius 1 is 1.24 bits per heavy atom. The summed E-state index contributed by atoms with van der Waals surface area (Å²) in [6.07, 6.45) is 6.31. The average Bonchev–Trinajstić information content (AvgIpc) is 3.16. The molecule has 5 nitrogen and oxygen atoms in total. The van der Waals surface area contributed by atoms with Crippen molar-refractivity contribution >= 4 is 16.7 Å². The number of aliphatic hydroxyl groups is 1. The largest absolute Gasteiger partial charge is 0.386 e. The fraction of sp³-hybridized carbons (Fsp3) is 0.300. The zero-order valence-corrected chi connectivity index (χ0v) is 15.0. The van der Waals surface area contributed by atoms with Gasteiger partial charge in [-0.15, -0.1) is 0 Å². The number of imidazole rings is 1. The molecular weight excluding hydrogens is 312 g/mol. The lowest BCUT2D eigenvalue weighted by Gasteiger charge is -2.22. The highest BCUT2D eigenvalue weighted by Gasteiger charge is 2.24. The Morgan fingerprint density at radius 2 is 2.04 bits per heavy atom. The second-order valence-electron chi connectivity index (χ2n) is 7.08. The van der Waals surface area contributed by atoms with Crippen LogP contribution in [-0.2, 0) is 12.0 Å². The van der Waals surface area contributed by atoms with Gasteiger partial charge in [0, 0.05) is 11.1 Å². The van der Waals surface area contributed by atoms with Gasteiger partial charge in [-0.05, 0) is 38.8 Å². The van der Waals surface area contributed by atoms with Crippen molar-refractivity contribution in [1.29, 1.82) is 0 Å². The third kappa shape index (κ3) is 2.43. The Hall–Kier alpha value is -2.66. The molecule has 5 heteroatoms. The molecule has 0 unspecified atom stereocenters. The Kier molecular flexibility index (Phi) is 3.44. The normalized spacial score (nSPS) is 12.4. The van der Waals surface area contributed by atoms with Gasteiger partial charge in [-0.3, -0.25) is 4.40 Å². The van der Waals surface area contributed by atoms with Crippen molar-refractivity contribution in [3.05, 3.63) is 53.6 Å². The Bertz CT molecular complexity index is 1080. The van der Waals surface area contributed by atoms with E-state index in [4.69, 9.17) is 0 Å². The van der Waals surface area contributed by atoms with Crippen molar-refractivity contribution in [3.63, 3.8) is 0 Å². The van der Waals surface area contributed by atoms with E-state index < -0.39 is 5.60 Å². The van der Waals surface area contributed by atoms with Crippen LogP contribution in [0.2, 0.25) is 0 Å². The minimum Gasteiger partial charge on any atom is -0.386 e. The van der Waals surface area contributed by atoms with E-state index in [9.17, 15) is 5.11 Å². The number of fused-ring (bicyclic) bond motifs is 3. The van der Waals surface area contributed by atoms with E-state index in [1.165, 1.54) is 5.56 Å². The van der Waals surface area contributed by atoms with E-state index in [1.807, 2.05) is 44.7 Å². The van der Waals surface area contributed by atoms with Gasteiger partial charge in [-0.1, -0.05) is 24.6 Å². The number of H-pyrrole nitrogens is 1. The highest BCUT2D eigenvalue weighted by molar-refractivity contribution is 5.88. The molecule has 0 saturated heterocycles. The van der Waals surface area contributed by atoms with E-state index in [0.29, 0.717) is 0 Å². The number of aryl methyl sites for hydroxylation is 2. The highest BCUT2D eigenvalue weighted by Crippen LogP contribution is 2.36. The molecule has 0 aliphatic heterocycles. The van der Waals surface area contributed by atoms with Crippen LogP contribution in [0.25, 0.3) is 27.9 Å². The molecule has 0 fully saturated rings. The molecule has 0 aliphatic carbocycles. The smallest absolute Gasteiger partial charge is 0.155 e. The fourth-order valence-electron chi connectivity index (χ4n) is 3.56. The number of aromatic nitrogens is 4. The summed E-state index contributed by atoms with van der Waals surface area (Å²) in [5, 5.41) is 10.7. The van der Waals surface area contributed by atoms with Gasteiger partial charge in [0.25, 0.3) is 0 Å². The molecule has 0 atom stereocenters. The van der Waals surface area contributed by atoms with Gasteiger partial charge >= 0.3 is 0 Å². The number of aromatic amines is 1. The molecule has 0 amide bonds. The van der Waals surface area contributed by atoms with Crippen molar-refractivity contribution < 1.29 is 5.11 Å². The summed E-state index contributed by atoms with van der Waals surface area (Å²) in [5.41, 5.74) is 7.22. The third-order valence-corrected chi connectivity index (χ3v) is 4.75. The molecule has 0 spiro atoms. The first-order chi connectivity index (χ1) is 11.9. The average molecular weight is 334 g/mol. The summed E-state index contributed by atoms with van der Waals surface area (Å²) >= 11 is 0. The molecule has 4 aromatic rings. The first kappa shape index (κ1) is 15.8. The first-order valence-electron chi connectivity index (χ1n) is 8.55. The lowest BCUT2D eigenvalue weighted by molar-refractivity contribution is 0.0792. The van der Waals surface area contributed by atoms with Crippen LogP contribution in [0.1, 0.15) is 37.5 Å². The maximum absolute atomic E-state index is 10.7. The Labute approximate surface area is 146 Å². The lowest BCUT2D eigenvalue weighted by atomic mass is 9.89. The topological polar surface area (TPSA) is 66.2 Å². The van der Waals surface area contributed by atoms with Crippen LogP contribution >= 0.6 is 0 Å². The van der Waals surface area contributed by atoms with Crippen LogP contribution in [0.15, 0.2) is 36.9 Å². The summed E-state index contributed by atoms with van der Waals surface area (Å²) in [6, 6.07) is 6.18. The predicted octanol–water partition coefficient (Wildman–Crippen LogP) is 3.98. The molecule has 4 rings (SSSR count). The van der Waals surface area contributed by atoms with Gasteiger partial charge in [0.2, 0.25) is 0 Å². The van der Waals surface area contributed by atoms with Gasteiger partial charge in [0.1, 0.15) is 0 Å². The van der Waals surface area contributed by atoms with Crippen LogP contribution in [0.4, 0.5) is 0 Å². The van der Waals surface area contributed by atoms with E-state index in [0.717, 1.165) is 45.5 Å². The number of nitrogens with zero attached hydrogens (tertiary/aromatic N) is 3. The van der Waals surface area contributed by atoms with Crippen molar-refractivity contribution in [2.45, 2.75) is 39.7 Å². The monoisotopic (exact) mass is 334 g/mol. The van der Waals surface area contributed by atoms with Crippen molar-refractivity contribution in [3.8, 4) is 11.3 Å². The molecule has 25 heavy (non-hydrogen) atoms. The third-order valence-electron chi connectivity index (χ3n) is 4.75. The van der Waals surface area contributed by atoms with Crippen LogP contribution in [0, 0.1) is 6.92 Å². The maximum atomic E-state index is 10.7. The number of rotatable bonds is 3. The predicted molar refractivity (Wildman–Crippen MR) is 99.6 cm³/mol. The molecule has 3 heterocycles. The molecule has 0 radical (unpaired) electrons. The standard InChI is InChI=1S/C20H22N4O/c1-5-14-17(15-8-12(2)6-7-16(15)20(3,4)25)23-19-18(14)24-11-21-9-13(24)10-22-19/h6-11,23,25H,5H2,1-4H3. The molecule has 0 saturated carbocycles. The molecule has 0 bridgehead atoms. The Morgan fingerprint density at radius 3 is 2.76 bits per heavy atom. The van der Waals surface area contributed by atoms with Crippen LogP contribution in [0.5, 0.6) is 0 Å². The van der Waals surface area contributed by atoms with Gasteiger partial charge in [0.15, 0.2) is 5.65 Å².